The van der Waals surface area contributed by atoms with Crippen LogP contribution in [0.1, 0.15) is 13.8 Å². The van der Waals surface area contributed by atoms with E-state index >= 15 is 0 Å². The van der Waals surface area contributed by atoms with Gasteiger partial charge in [0.05, 0.1) is 5.02 Å². The van der Waals surface area contributed by atoms with Crippen LogP contribution >= 0.6 is 11.6 Å². The van der Waals surface area contributed by atoms with Crippen LogP contribution in [-0.2, 0) is 0 Å². The van der Waals surface area contributed by atoms with Crippen molar-refractivity contribution in [1.29, 1.82) is 0 Å². The minimum atomic E-state index is 0.447. The van der Waals surface area contributed by atoms with Gasteiger partial charge in [-0.05, 0) is 25.1 Å². The molecular weight excluding hydrogens is 210 g/mol. The van der Waals surface area contributed by atoms with E-state index in [2.05, 4.69) is 29.5 Å². The van der Waals surface area contributed by atoms with E-state index in [0.29, 0.717) is 17.0 Å². The number of likely N-dealkylation sites (N-methyl/N-ethyl adjacent to an activating group) is 1. The third kappa shape index (κ3) is 4.06. The predicted molar refractivity (Wildman–Crippen MR) is 65.4 cm³/mol. The molecule has 0 saturated heterocycles. The maximum atomic E-state index is 5.75. The monoisotopic (exact) mass is 227 g/mol. The van der Waals surface area contributed by atoms with Crippen molar-refractivity contribution in [2.45, 2.75) is 19.9 Å². The number of rotatable bonds is 5. The Hall–Kier alpha value is -0.800. The molecule has 2 N–H and O–H groups in total. The summed E-state index contributed by atoms with van der Waals surface area (Å²) in [5.74, 6) is 1.45. The number of hydrogen-bond donors (Lipinski definition) is 2. The van der Waals surface area contributed by atoms with Gasteiger partial charge < -0.3 is 10.6 Å². The summed E-state index contributed by atoms with van der Waals surface area (Å²) in [6, 6.07) is 4.17. The van der Waals surface area contributed by atoms with E-state index in [1.165, 1.54) is 0 Å². The lowest BCUT2D eigenvalue weighted by atomic mass is 10.1. The van der Waals surface area contributed by atoms with Crippen LogP contribution < -0.4 is 10.6 Å². The highest BCUT2D eigenvalue weighted by Gasteiger charge is 2.09. The second-order valence-electron chi connectivity index (χ2n) is 3.88. The quantitative estimate of drug-likeness (QED) is 0.811. The molecule has 0 aromatic carbocycles. The zero-order valence-corrected chi connectivity index (χ0v) is 10.2. The fourth-order valence-corrected chi connectivity index (χ4v) is 1.48. The molecular formula is C11H18ClN3. The molecule has 1 aromatic heterocycles. The lowest BCUT2D eigenvalue weighted by Gasteiger charge is -2.20. The Morgan fingerprint density at radius 2 is 2.13 bits per heavy atom. The van der Waals surface area contributed by atoms with Gasteiger partial charge in [-0.1, -0.05) is 25.4 Å². The van der Waals surface area contributed by atoms with Gasteiger partial charge in [-0.15, -0.1) is 0 Å². The molecule has 0 fully saturated rings. The summed E-state index contributed by atoms with van der Waals surface area (Å²) in [5.41, 5.74) is 0. The van der Waals surface area contributed by atoms with E-state index < -0.39 is 0 Å². The minimum Gasteiger partial charge on any atom is -0.369 e. The lowest BCUT2D eigenvalue weighted by molar-refractivity contribution is 0.443. The highest BCUT2D eigenvalue weighted by molar-refractivity contribution is 6.30. The summed E-state index contributed by atoms with van der Waals surface area (Å²) in [4.78, 5) is 4.17. The predicted octanol–water partition coefficient (Wildman–Crippen LogP) is 2.39. The summed E-state index contributed by atoms with van der Waals surface area (Å²) in [5, 5.41) is 7.20. The van der Waals surface area contributed by atoms with Crippen LogP contribution in [0, 0.1) is 5.92 Å². The molecule has 15 heavy (non-hydrogen) atoms. The molecule has 1 atom stereocenters. The number of nitrogens with one attached hydrogen (secondary N) is 2. The Balaban J connectivity index is 2.45. The number of hydrogen-bond acceptors (Lipinski definition) is 3. The Kier molecular flexibility index (Phi) is 4.85. The summed E-state index contributed by atoms with van der Waals surface area (Å²) in [6.45, 7) is 5.25. The second-order valence-corrected chi connectivity index (χ2v) is 4.32. The van der Waals surface area contributed by atoms with Crippen molar-refractivity contribution in [3.05, 3.63) is 23.4 Å². The summed E-state index contributed by atoms with van der Waals surface area (Å²) in [7, 11) is 1.97. The van der Waals surface area contributed by atoms with Crippen LogP contribution in [0.15, 0.2) is 18.3 Å². The van der Waals surface area contributed by atoms with Crippen LogP contribution in [0.25, 0.3) is 0 Å². The van der Waals surface area contributed by atoms with Gasteiger partial charge in [0, 0.05) is 18.8 Å². The molecule has 0 aliphatic rings. The Bertz CT molecular complexity index is 284. The van der Waals surface area contributed by atoms with Crippen molar-refractivity contribution in [3.63, 3.8) is 0 Å². The fraction of sp³-hybridized carbons (Fsp3) is 0.545. The van der Waals surface area contributed by atoms with Gasteiger partial charge in [-0.2, -0.15) is 0 Å². The van der Waals surface area contributed by atoms with Crippen molar-refractivity contribution in [3.8, 4) is 0 Å². The van der Waals surface area contributed by atoms with Gasteiger partial charge >= 0.3 is 0 Å². The molecule has 0 aliphatic carbocycles. The molecule has 1 aromatic rings. The van der Waals surface area contributed by atoms with Gasteiger partial charge in [0.15, 0.2) is 0 Å². The van der Waals surface area contributed by atoms with E-state index in [0.717, 1.165) is 12.4 Å². The smallest absolute Gasteiger partial charge is 0.126 e. The molecule has 3 nitrogen and oxygen atoms in total. The molecule has 1 rings (SSSR count). The van der Waals surface area contributed by atoms with E-state index in [4.69, 9.17) is 11.6 Å². The summed E-state index contributed by atoms with van der Waals surface area (Å²) in [6.07, 6.45) is 1.65. The van der Waals surface area contributed by atoms with Crippen molar-refractivity contribution in [2.75, 3.05) is 18.9 Å². The topological polar surface area (TPSA) is 37.0 Å². The molecule has 1 heterocycles. The molecule has 1 unspecified atom stereocenters. The van der Waals surface area contributed by atoms with Crippen molar-refractivity contribution in [1.82, 2.24) is 10.3 Å². The number of nitrogens with zero attached hydrogens (tertiary/aromatic N) is 1. The van der Waals surface area contributed by atoms with E-state index in [1.54, 1.807) is 6.20 Å². The first kappa shape index (κ1) is 12.3. The Labute approximate surface area is 96.2 Å². The first-order valence-electron chi connectivity index (χ1n) is 5.16. The van der Waals surface area contributed by atoms with Gasteiger partial charge in [0.1, 0.15) is 5.82 Å². The largest absolute Gasteiger partial charge is 0.369 e. The van der Waals surface area contributed by atoms with Crippen LogP contribution in [-0.4, -0.2) is 24.6 Å². The van der Waals surface area contributed by atoms with Gasteiger partial charge in [0.2, 0.25) is 0 Å². The van der Waals surface area contributed by atoms with Crippen LogP contribution in [0.3, 0.4) is 0 Å². The van der Waals surface area contributed by atoms with Crippen molar-refractivity contribution < 1.29 is 0 Å². The highest BCUT2D eigenvalue weighted by Crippen LogP contribution is 2.10. The first-order valence-corrected chi connectivity index (χ1v) is 5.54. The Morgan fingerprint density at radius 3 is 2.60 bits per heavy atom. The van der Waals surface area contributed by atoms with Gasteiger partial charge in [-0.3, -0.25) is 0 Å². The molecule has 0 radical (unpaired) electrons. The second kappa shape index (κ2) is 5.93. The standard InChI is InChI=1S/C11H18ClN3/c1-8(2)10(13-3)7-15-11-5-4-9(12)6-14-11/h4-6,8,10,13H,7H2,1-3H3,(H,14,15). The maximum absolute atomic E-state index is 5.75. The third-order valence-electron chi connectivity index (χ3n) is 2.41. The van der Waals surface area contributed by atoms with Crippen LogP contribution in [0.2, 0.25) is 5.02 Å². The van der Waals surface area contributed by atoms with E-state index in [1.807, 2.05) is 19.2 Å². The minimum absolute atomic E-state index is 0.447. The lowest BCUT2D eigenvalue weighted by Crippen LogP contribution is -2.37. The highest BCUT2D eigenvalue weighted by atomic mass is 35.5. The van der Waals surface area contributed by atoms with Crippen molar-refractivity contribution >= 4 is 17.4 Å². The molecule has 0 amide bonds. The Morgan fingerprint density at radius 1 is 1.40 bits per heavy atom. The molecule has 4 heteroatoms. The molecule has 0 saturated carbocycles. The normalized spacial score (nSPS) is 12.9. The zero-order chi connectivity index (χ0) is 11.3. The average molecular weight is 228 g/mol. The molecule has 0 aliphatic heterocycles. The zero-order valence-electron chi connectivity index (χ0n) is 9.42. The maximum Gasteiger partial charge on any atom is 0.126 e. The van der Waals surface area contributed by atoms with Crippen LogP contribution in [0.4, 0.5) is 5.82 Å². The van der Waals surface area contributed by atoms with E-state index in [-0.39, 0.29) is 0 Å². The summed E-state index contributed by atoms with van der Waals surface area (Å²) >= 11 is 5.75. The number of halogens is 1. The number of anilines is 1. The summed E-state index contributed by atoms with van der Waals surface area (Å²) < 4.78 is 0. The number of aromatic nitrogens is 1. The van der Waals surface area contributed by atoms with Gasteiger partial charge in [0.25, 0.3) is 0 Å². The fourth-order valence-electron chi connectivity index (χ4n) is 1.37. The van der Waals surface area contributed by atoms with Crippen molar-refractivity contribution in [2.24, 2.45) is 5.92 Å². The molecule has 0 bridgehead atoms. The van der Waals surface area contributed by atoms with Gasteiger partial charge in [-0.25, -0.2) is 4.98 Å². The number of pyridine rings is 1. The SMILES string of the molecule is CNC(CNc1ccc(Cl)cn1)C(C)C. The molecule has 84 valence electrons. The first-order chi connectivity index (χ1) is 7.13. The molecule has 0 spiro atoms. The van der Waals surface area contributed by atoms with Crippen LogP contribution in [0.5, 0.6) is 0 Å². The van der Waals surface area contributed by atoms with E-state index in [9.17, 15) is 0 Å². The third-order valence-corrected chi connectivity index (χ3v) is 2.63. The average Bonchev–Trinajstić information content (AvgIpc) is 2.21.